The first-order chi connectivity index (χ1) is 24.3. The number of aromatic nitrogens is 2. The number of amides is 4. The number of halogens is 2. The van der Waals surface area contributed by atoms with Crippen LogP contribution in [0.2, 0.25) is 0 Å². The standard InChI is InChI=1S/C35H39F2N7O7/c1-21(43(28-14-12-25(49-4)20-29(28)50-5)33(47)38-24-10-7-22(36)8-11-24)30-39-27-13-9-23(37)19-26(27)31(45)44(30)42-17-15-41(16-18-42)32(46)35(2,3)40-34(48)51-6/h7-14,19-21H,15-18H2,1-6H3,(H,38,47)(H,40,48)/t21-/m0/s1. The average molecular weight is 708 g/mol. The minimum absolute atomic E-state index is 0.0113. The molecule has 0 unspecified atom stereocenters. The van der Waals surface area contributed by atoms with E-state index >= 15 is 0 Å². The molecule has 51 heavy (non-hydrogen) atoms. The lowest BCUT2D eigenvalue weighted by Crippen LogP contribution is -2.62. The van der Waals surface area contributed by atoms with E-state index in [-0.39, 0.29) is 54.6 Å². The zero-order chi connectivity index (χ0) is 37.0. The number of benzene rings is 3. The third-order valence-electron chi connectivity index (χ3n) is 8.52. The summed E-state index contributed by atoms with van der Waals surface area (Å²) in [7, 11) is 4.12. The van der Waals surface area contributed by atoms with Crippen LogP contribution in [0.25, 0.3) is 10.9 Å². The van der Waals surface area contributed by atoms with Gasteiger partial charge in [0.1, 0.15) is 28.7 Å². The summed E-state index contributed by atoms with van der Waals surface area (Å²) in [6.07, 6.45) is -0.756. The molecule has 2 N–H and O–H groups in total. The third kappa shape index (κ3) is 7.64. The molecule has 1 aromatic heterocycles. The van der Waals surface area contributed by atoms with Gasteiger partial charge in [-0.05, 0) is 75.4 Å². The highest BCUT2D eigenvalue weighted by molar-refractivity contribution is 6.03. The molecule has 0 spiro atoms. The third-order valence-corrected chi connectivity index (χ3v) is 8.52. The highest BCUT2D eigenvalue weighted by Gasteiger charge is 2.37. The first-order valence-corrected chi connectivity index (χ1v) is 16.0. The summed E-state index contributed by atoms with van der Waals surface area (Å²) in [6, 6.07) is 12.1. The fraction of sp³-hybridized carbons (Fsp3) is 0.343. The smallest absolute Gasteiger partial charge is 0.407 e. The molecule has 0 aliphatic carbocycles. The van der Waals surface area contributed by atoms with Crippen LogP contribution >= 0.6 is 0 Å². The molecule has 1 aliphatic heterocycles. The topological polar surface area (TPSA) is 148 Å². The number of nitrogens with zero attached hydrogens (tertiary/aromatic N) is 5. The maximum atomic E-state index is 14.5. The minimum Gasteiger partial charge on any atom is -0.497 e. The number of methoxy groups -OCH3 is 3. The second kappa shape index (κ2) is 14.9. The molecular weight excluding hydrogens is 668 g/mol. The summed E-state index contributed by atoms with van der Waals surface area (Å²) in [6.45, 7) is 5.41. The van der Waals surface area contributed by atoms with Crippen LogP contribution in [0.4, 0.5) is 29.7 Å². The maximum absolute atomic E-state index is 14.5. The Bertz CT molecular complexity index is 2000. The van der Waals surface area contributed by atoms with Crippen LogP contribution in [0.1, 0.15) is 32.6 Å². The van der Waals surface area contributed by atoms with Gasteiger partial charge in [-0.2, -0.15) is 0 Å². The molecule has 16 heteroatoms. The van der Waals surface area contributed by atoms with Crippen LogP contribution in [-0.4, -0.2) is 85.6 Å². The number of hydrogen-bond acceptors (Lipinski definition) is 9. The van der Waals surface area contributed by atoms with E-state index < -0.39 is 40.9 Å². The SMILES string of the molecule is COC(=O)NC(C)(C)C(=O)N1CCN(n2c([C@H](C)N(C(=O)Nc3ccc(F)cc3)c3ccc(OC)cc3OC)nc3ccc(F)cc3c2=O)CC1. The Morgan fingerprint density at radius 1 is 0.902 bits per heavy atom. The zero-order valence-corrected chi connectivity index (χ0v) is 29.0. The van der Waals surface area contributed by atoms with Crippen molar-refractivity contribution in [3.05, 3.63) is 88.5 Å². The second-order valence-corrected chi connectivity index (χ2v) is 12.3. The van der Waals surface area contributed by atoms with Crippen LogP contribution in [0.15, 0.2) is 65.5 Å². The van der Waals surface area contributed by atoms with Crippen molar-refractivity contribution >= 4 is 40.3 Å². The Morgan fingerprint density at radius 3 is 2.20 bits per heavy atom. The Morgan fingerprint density at radius 2 is 1.57 bits per heavy atom. The number of anilines is 2. The molecule has 3 aromatic carbocycles. The lowest BCUT2D eigenvalue weighted by molar-refractivity contribution is -0.137. The van der Waals surface area contributed by atoms with Crippen LogP contribution < -0.4 is 35.6 Å². The van der Waals surface area contributed by atoms with Crippen molar-refractivity contribution in [2.24, 2.45) is 0 Å². The normalized spacial score (nSPS) is 13.7. The number of alkyl carbamates (subject to hydrolysis) is 1. The fourth-order valence-electron chi connectivity index (χ4n) is 5.87. The van der Waals surface area contributed by atoms with Crippen molar-refractivity contribution < 1.29 is 37.4 Å². The Labute approximate surface area is 292 Å². The van der Waals surface area contributed by atoms with E-state index in [2.05, 4.69) is 15.4 Å². The van der Waals surface area contributed by atoms with Crippen molar-refractivity contribution in [3.63, 3.8) is 0 Å². The quantitative estimate of drug-likeness (QED) is 0.258. The zero-order valence-electron chi connectivity index (χ0n) is 29.0. The van der Waals surface area contributed by atoms with Gasteiger partial charge in [0, 0.05) is 24.8 Å². The molecule has 5 rings (SSSR count). The number of ether oxygens (including phenoxy) is 3. The lowest BCUT2D eigenvalue weighted by Gasteiger charge is -2.41. The highest BCUT2D eigenvalue weighted by atomic mass is 19.1. The maximum Gasteiger partial charge on any atom is 0.407 e. The number of urea groups is 1. The van der Waals surface area contributed by atoms with E-state index in [0.29, 0.717) is 17.1 Å². The summed E-state index contributed by atoms with van der Waals surface area (Å²) >= 11 is 0. The van der Waals surface area contributed by atoms with Gasteiger partial charge >= 0.3 is 12.1 Å². The Balaban J connectivity index is 1.59. The van der Waals surface area contributed by atoms with Crippen molar-refractivity contribution in [2.75, 3.05) is 62.7 Å². The van der Waals surface area contributed by atoms with E-state index in [9.17, 15) is 28.0 Å². The van der Waals surface area contributed by atoms with Gasteiger partial charge in [0.15, 0.2) is 5.82 Å². The monoisotopic (exact) mass is 707 g/mol. The number of nitrogens with one attached hydrogen (secondary N) is 2. The Kier molecular flexibility index (Phi) is 10.6. The molecule has 0 saturated carbocycles. The Hall–Kier alpha value is -5.93. The summed E-state index contributed by atoms with van der Waals surface area (Å²) < 4.78 is 45.2. The average Bonchev–Trinajstić information content (AvgIpc) is 3.12. The van der Waals surface area contributed by atoms with E-state index in [1.165, 1.54) is 67.3 Å². The lowest BCUT2D eigenvalue weighted by atomic mass is 10.0. The second-order valence-electron chi connectivity index (χ2n) is 12.3. The predicted molar refractivity (Wildman–Crippen MR) is 186 cm³/mol. The van der Waals surface area contributed by atoms with Crippen LogP contribution in [-0.2, 0) is 9.53 Å². The van der Waals surface area contributed by atoms with Gasteiger partial charge in [-0.3, -0.25) is 14.5 Å². The van der Waals surface area contributed by atoms with Crippen LogP contribution in [0.3, 0.4) is 0 Å². The van der Waals surface area contributed by atoms with Gasteiger partial charge in [-0.25, -0.2) is 28.0 Å². The van der Waals surface area contributed by atoms with E-state index in [4.69, 9.17) is 14.5 Å². The van der Waals surface area contributed by atoms with E-state index in [0.717, 1.165) is 6.07 Å². The van der Waals surface area contributed by atoms with Gasteiger partial charge in [-0.1, -0.05) is 0 Å². The number of piperazine rings is 1. The molecule has 14 nitrogen and oxygen atoms in total. The fourth-order valence-corrected chi connectivity index (χ4v) is 5.87. The summed E-state index contributed by atoms with van der Waals surface area (Å²) in [5.74, 6) is -0.625. The summed E-state index contributed by atoms with van der Waals surface area (Å²) in [4.78, 5) is 61.4. The van der Waals surface area contributed by atoms with Crippen LogP contribution in [0, 0.1) is 11.6 Å². The molecule has 270 valence electrons. The van der Waals surface area contributed by atoms with Crippen molar-refractivity contribution in [3.8, 4) is 11.5 Å². The largest absolute Gasteiger partial charge is 0.497 e. The van der Waals surface area contributed by atoms with E-state index in [1.54, 1.807) is 48.9 Å². The number of fused-ring (bicyclic) bond motifs is 1. The number of hydrogen-bond donors (Lipinski definition) is 2. The molecule has 1 aliphatic rings. The first kappa shape index (κ1) is 36.4. The van der Waals surface area contributed by atoms with Gasteiger partial charge in [0.25, 0.3) is 5.56 Å². The van der Waals surface area contributed by atoms with Crippen molar-refractivity contribution in [1.29, 1.82) is 0 Å². The van der Waals surface area contributed by atoms with Gasteiger partial charge in [0.05, 0.1) is 57.1 Å². The summed E-state index contributed by atoms with van der Waals surface area (Å²) in [5.41, 5.74) is -1.07. The van der Waals surface area contributed by atoms with Crippen molar-refractivity contribution in [1.82, 2.24) is 19.9 Å². The predicted octanol–water partition coefficient (Wildman–Crippen LogP) is 4.41. The molecule has 0 radical (unpaired) electrons. The van der Waals surface area contributed by atoms with Gasteiger partial charge in [0.2, 0.25) is 5.91 Å². The first-order valence-electron chi connectivity index (χ1n) is 16.0. The molecule has 4 aromatic rings. The molecule has 0 bridgehead atoms. The van der Waals surface area contributed by atoms with Gasteiger partial charge in [-0.15, -0.1) is 0 Å². The van der Waals surface area contributed by atoms with Crippen LogP contribution in [0.5, 0.6) is 11.5 Å². The summed E-state index contributed by atoms with van der Waals surface area (Å²) in [5, 5.41) is 7.00. The number of carbonyl (C=O) groups excluding carboxylic acids is 3. The highest BCUT2D eigenvalue weighted by Crippen LogP contribution is 2.37. The molecular formula is C35H39F2N7O7. The number of carbonyl (C=O) groups is 3. The molecule has 1 fully saturated rings. The van der Waals surface area contributed by atoms with Gasteiger partial charge < -0.3 is 34.8 Å². The molecule has 4 amide bonds. The number of rotatable bonds is 9. The molecule has 2 heterocycles. The molecule has 1 atom stereocenters. The minimum atomic E-state index is -1.27. The van der Waals surface area contributed by atoms with Crippen molar-refractivity contribution in [2.45, 2.75) is 32.4 Å². The molecule has 1 saturated heterocycles. The van der Waals surface area contributed by atoms with E-state index in [1.807, 2.05) is 0 Å².